The van der Waals surface area contributed by atoms with Crippen LogP contribution in [-0.4, -0.2) is 46.9 Å². The lowest BCUT2D eigenvalue weighted by Crippen LogP contribution is -2.46. The molecule has 0 aliphatic carbocycles. The van der Waals surface area contributed by atoms with Gasteiger partial charge in [-0.25, -0.2) is 0 Å². The Morgan fingerprint density at radius 1 is 0.431 bits per heavy atom. The molecule has 0 saturated heterocycles. The van der Waals surface area contributed by atoms with Crippen molar-refractivity contribution >= 4 is 11.9 Å². The standard InChI is InChI=1S/C59H115NO5/c1-4-7-10-13-16-19-22-25-27-29-31-33-36-39-42-45-48-51-57(62)56(54-61)60-58(63)53-55(50-47-44-41-38-35-24-21-18-15-12-9-6-3)65-59(64)52-49-46-43-40-37-34-32-30-28-26-23-20-17-14-11-8-5-2/h26,28,55-57,61-62H,4-25,27,29-54H2,1-3H3,(H,60,63)/b28-26+. The Bertz CT molecular complexity index is 986. The second kappa shape index (κ2) is 53.6. The number of ether oxygens (including phenoxy) is 1. The predicted molar refractivity (Wildman–Crippen MR) is 283 cm³/mol. The summed E-state index contributed by atoms with van der Waals surface area (Å²) in [4.78, 5) is 26.3. The van der Waals surface area contributed by atoms with Crippen molar-refractivity contribution in [3.8, 4) is 0 Å². The molecule has 0 aromatic rings. The summed E-state index contributed by atoms with van der Waals surface area (Å²) in [6, 6.07) is -0.696. The molecule has 0 saturated carbocycles. The fourth-order valence-electron chi connectivity index (χ4n) is 9.37. The van der Waals surface area contributed by atoms with Gasteiger partial charge in [0, 0.05) is 6.42 Å². The van der Waals surface area contributed by atoms with E-state index >= 15 is 0 Å². The monoisotopic (exact) mass is 918 g/mol. The Kier molecular flexibility index (Phi) is 52.4. The van der Waals surface area contributed by atoms with E-state index in [9.17, 15) is 19.8 Å². The number of hydrogen-bond acceptors (Lipinski definition) is 5. The van der Waals surface area contributed by atoms with Crippen molar-refractivity contribution in [1.82, 2.24) is 5.32 Å². The number of esters is 1. The molecule has 0 radical (unpaired) electrons. The minimum absolute atomic E-state index is 0.0837. The normalized spacial score (nSPS) is 13.1. The number of amides is 1. The van der Waals surface area contributed by atoms with Gasteiger partial charge in [0.15, 0.2) is 0 Å². The number of aliphatic hydroxyl groups excluding tert-OH is 2. The first-order chi connectivity index (χ1) is 32.0. The highest BCUT2D eigenvalue weighted by atomic mass is 16.5. The van der Waals surface area contributed by atoms with Crippen LogP contribution in [0.3, 0.4) is 0 Å². The van der Waals surface area contributed by atoms with E-state index < -0.39 is 18.2 Å². The molecular formula is C59H115NO5. The summed E-state index contributed by atoms with van der Waals surface area (Å²) in [7, 11) is 0. The second-order valence-corrected chi connectivity index (χ2v) is 20.4. The fraction of sp³-hybridized carbons (Fsp3) is 0.932. The number of aliphatic hydroxyl groups is 2. The molecule has 386 valence electrons. The van der Waals surface area contributed by atoms with Gasteiger partial charge in [0.2, 0.25) is 5.91 Å². The molecule has 0 aromatic carbocycles. The quantitative estimate of drug-likeness (QED) is 0.0321. The summed E-state index contributed by atoms with van der Waals surface area (Å²) in [5.41, 5.74) is 0. The zero-order chi connectivity index (χ0) is 47.4. The van der Waals surface area contributed by atoms with Crippen LogP contribution in [0.25, 0.3) is 0 Å². The van der Waals surface area contributed by atoms with Crippen molar-refractivity contribution in [2.24, 2.45) is 0 Å². The zero-order valence-corrected chi connectivity index (χ0v) is 44.2. The van der Waals surface area contributed by atoms with E-state index in [0.29, 0.717) is 19.3 Å². The van der Waals surface area contributed by atoms with Gasteiger partial charge in [0.05, 0.1) is 25.2 Å². The Hall–Kier alpha value is -1.40. The molecule has 1 amide bonds. The van der Waals surface area contributed by atoms with Crippen LogP contribution in [0, 0.1) is 0 Å². The number of unbranched alkanes of at least 4 members (excludes halogenated alkanes) is 40. The van der Waals surface area contributed by atoms with Crippen LogP contribution in [0.5, 0.6) is 0 Å². The molecule has 0 fully saturated rings. The van der Waals surface area contributed by atoms with Crippen molar-refractivity contribution in [2.75, 3.05) is 6.61 Å². The van der Waals surface area contributed by atoms with Crippen LogP contribution in [0.2, 0.25) is 0 Å². The predicted octanol–water partition coefficient (Wildman–Crippen LogP) is 18.1. The van der Waals surface area contributed by atoms with Gasteiger partial charge >= 0.3 is 5.97 Å². The molecule has 65 heavy (non-hydrogen) atoms. The molecule has 0 heterocycles. The van der Waals surface area contributed by atoms with Crippen molar-refractivity contribution < 1.29 is 24.5 Å². The first kappa shape index (κ1) is 63.6. The molecular weight excluding hydrogens is 803 g/mol. The summed E-state index contributed by atoms with van der Waals surface area (Å²) in [5.74, 6) is -0.456. The molecule has 0 bridgehead atoms. The van der Waals surface area contributed by atoms with Gasteiger partial charge < -0.3 is 20.3 Å². The summed E-state index contributed by atoms with van der Waals surface area (Å²) < 4.78 is 5.96. The molecule has 0 spiro atoms. The lowest BCUT2D eigenvalue weighted by Gasteiger charge is -2.24. The average Bonchev–Trinajstić information content (AvgIpc) is 3.30. The highest BCUT2D eigenvalue weighted by Gasteiger charge is 2.24. The molecule has 0 aliphatic rings. The maximum atomic E-state index is 13.3. The zero-order valence-electron chi connectivity index (χ0n) is 44.2. The van der Waals surface area contributed by atoms with Crippen LogP contribution < -0.4 is 5.32 Å². The number of carbonyl (C=O) groups excluding carboxylic acids is 2. The Labute approximate surface area is 406 Å². The van der Waals surface area contributed by atoms with E-state index in [1.165, 1.54) is 238 Å². The van der Waals surface area contributed by atoms with E-state index in [4.69, 9.17) is 4.74 Å². The van der Waals surface area contributed by atoms with Gasteiger partial charge in [-0.05, 0) is 51.4 Å². The van der Waals surface area contributed by atoms with Gasteiger partial charge in [-0.15, -0.1) is 0 Å². The summed E-state index contributed by atoms with van der Waals surface area (Å²) >= 11 is 0. The van der Waals surface area contributed by atoms with Gasteiger partial charge in [-0.3, -0.25) is 9.59 Å². The molecule has 0 rings (SSSR count). The lowest BCUT2D eigenvalue weighted by atomic mass is 10.0. The fourth-order valence-corrected chi connectivity index (χ4v) is 9.37. The molecule has 0 aliphatic heterocycles. The number of hydrogen-bond donors (Lipinski definition) is 3. The summed E-state index contributed by atoms with van der Waals surface area (Å²) in [5, 5.41) is 23.9. The SMILES string of the molecule is CCCCCCCC/C=C/CCCCCCCCCC(=O)OC(CCCCCCCCCCCCCC)CC(=O)NC(CO)C(O)CCCCCCCCCCCCCCCCCCC. The van der Waals surface area contributed by atoms with Crippen molar-refractivity contribution in [1.29, 1.82) is 0 Å². The Morgan fingerprint density at radius 2 is 0.738 bits per heavy atom. The maximum Gasteiger partial charge on any atom is 0.306 e. The third-order valence-electron chi connectivity index (χ3n) is 13.8. The number of carbonyl (C=O) groups is 2. The van der Waals surface area contributed by atoms with Crippen LogP contribution in [0.15, 0.2) is 12.2 Å². The second-order valence-electron chi connectivity index (χ2n) is 20.4. The van der Waals surface area contributed by atoms with Crippen molar-refractivity contribution in [3.63, 3.8) is 0 Å². The van der Waals surface area contributed by atoms with E-state index in [0.717, 1.165) is 44.9 Å². The average molecular weight is 919 g/mol. The number of nitrogens with one attached hydrogen (secondary N) is 1. The number of rotatable bonds is 54. The molecule has 3 atom stereocenters. The van der Waals surface area contributed by atoms with Crippen LogP contribution in [0.4, 0.5) is 0 Å². The molecule has 3 unspecified atom stereocenters. The lowest BCUT2D eigenvalue weighted by molar-refractivity contribution is -0.151. The van der Waals surface area contributed by atoms with E-state index in [-0.39, 0.29) is 24.9 Å². The Balaban J connectivity index is 4.44. The van der Waals surface area contributed by atoms with E-state index in [2.05, 4.69) is 38.2 Å². The van der Waals surface area contributed by atoms with Gasteiger partial charge in [0.25, 0.3) is 0 Å². The maximum absolute atomic E-state index is 13.3. The minimum atomic E-state index is -0.783. The molecule has 3 N–H and O–H groups in total. The first-order valence-electron chi connectivity index (χ1n) is 29.4. The van der Waals surface area contributed by atoms with Crippen LogP contribution >= 0.6 is 0 Å². The summed E-state index contributed by atoms with van der Waals surface area (Å²) in [6.07, 6.45) is 61.3. The molecule has 6 nitrogen and oxygen atoms in total. The first-order valence-corrected chi connectivity index (χ1v) is 29.4. The smallest absolute Gasteiger partial charge is 0.306 e. The van der Waals surface area contributed by atoms with Crippen LogP contribution in [-0.2, 0) is 14.3 Å². The molecule has 0 aromatic heterocycles. The van der Waals surface area contributed by atoms with Gasteiger partial charge in [0.1, 0.15) is 6.10 Å². The topological polar surface area (TPSA) is 95.9 Å². The third-order valence-corrected chi connectivity index (χ3v) is 13.8. The minimum Gasteiger partial charge on any atom is -0.462 e. The highest BCUT2D eigenvalue weighted by molar-refractivity contribution is 5.77. The molecule has 6 heteroatoms. The van der Waals surface area contributed by atoms with Gasteiger partial charge in [-0.1, -0.05) is 277 Å². The van der Waals surface area contributed by atoms with Gasteiger partial charge in [-0.2, -0.15) is 0 Å². The van der Waals surface area contributed by atoms with E-state index in [1.807, 2.05) is 0 Å². The van der Waals surface area contributed by atoms with Crippen molar-refractivity contribution in [3.05, 3.63) is 12.2 Å². The highest BCUT2D eigenvalue weighted by Crippen LogP contribution is 2.19. The van der Waals surface area contributed by atoms with E-state index in [1.54, 1.807) is 0 Å². The Morgan fingerprint density at radius 3 is 1.09 bits per heavy atom. The van der Waals surface area contributed by atoms with Crippen LogP contribution in [0.1, 0.15) is 329 Å². The largest absolute Gasteiger partial charge is 0.462 e. The number of allylic oxidation sites excluding steroid dienone is 2. The summed E-state index contributed by atoms with van der Waals surface area (Å²) in [6.45, 7) is 6.52. The van der Waals surface area contributed by atoms with Crippen molar-refractivity contribution in [2.45, 2.75) is 347 Å². The third kappa shape index (κ3) is 48.9.